The van der Waals surface area contributed by atoms with E-state index in [9.17, 15) is 19.5 Å². The van der Waals surface area contributed by atoms with E-state index in [0.717, 1.165) is 22.3 Å². The summed E-state index contributed by atoms with van der Waals surface area (Å²) in [5, 5.41) is 11.8. The molecule has 1 unspecified atom stereocenters. The van der Waals surface area contributed by atoms with Crippen molar-refractivity contribution in [3.05, 3.63) is 72.3 Å². The molecule has 2 aromatic carbocycles. The Labute approximate surface area is 186 Å². The van der Waals surface area contributed by atoms with E-state index in [1.807, 2.05) is 48.5 Å². The summed E-state index contributed by atoms with van der Waals surface area (Å²) < 4.78 is 10.3. The van der Waals surface area contributed by atoms with Crippen molar-refractivity contribution < 1.29 is 29.0 Å². The lowest BCUT2D eigenvalue weighted by molar-refractivity contribution is -0.145. The third-order valence-corrected chi connectivity index (χ3v) is 5.19. The maximum Gasteiger partial charge on any atom is 0.407 e. The van der Waals surface area contributed by atoms with Gasteiger partial charge in [0.2, 0.25) is 0 Å². The van der Waals surface area contributed by atoms with Crippen LogP contribution in [0.1, 0.15) is 17.0 Å². The number of carboxylic acids is 1. The lowest BCUT2D eigenvalue weighted by Gasteiger charge is -2.22. The van der Waals surface area contributed by atoms with Gasteiger partial charge in [-0.2, -0.15) is 0 Å². The molecule has 0 spiro atoms. The van der Waals surface area contributed by atoms with Gasteiger partial charge in [0.1, 0.15) is 19.3 Å². The second kappa shape index (κ2) is 10.6. The Balaban J connectivity index is 1.58. The topological polar surface area (TPSA) is 105 Å². The molecule has 32 heavy (non-hydrogen) atoms. The third kappa shape index (κ3) is 5.53. The smallest absolute Gasteiger partial charge is 0.407 e. The number of carboxylic acid groups (broad SMARTS) is 1. The minimum atomic E-state index is -1.25. The average Bonchev–Trinajstić information content (AvgIpc) is 3.09. The highest BCUT2D eigenvalue weighted by Crippen LogP contribution is 2.44. The minimum absolute atomic E-state index is 0.0764. The first-order valence-electron chi connectivity index (χ1n) is 10.2. The molecule has 0 saturated heterocycles. The number of amides is 1. The van der Waals surface area contributed by atoms with Gasteiger partial charge in [-0.25, -0.2) is 9.59 Å². The fourth-order valence-corrected chi connectivity index (χ4v) is 3.76. The van der Waals surface area contributed by atoms with E-state index in [0.29, 0.717) is 0 Å². The average molecular weight is 438 g/mol. The summed E-state index contributed by atoms with van der Waals surface area (Å²) in [6.07, 6.45) is 0.610. The first kappa shape index (κ1) is 23.0. The molecule has 0 radical (unpaired) electrons. The third-order valence-electron chi connectivity index (χ3n) is 5.19. The largest absolute Gasteiger partial charge is 0.480 e. The Morgan fingerprint density at radius 3 is 2.25 bits per heavy atom. The van der Waals surface area contributed by atoms with Crippen LogP contribution in [0.3, 0.4) is 0 Å². The van der Waals surface area contributed by atoms with Gasteiger partial charge in [-0.15, -0.1) is 0 Å². The first-order valence-corrected chi connectivity index (χ1v) is 10.2. The van der Waals surface area contributed by atoms with E-state index in [1.165, 1.54) is 11.0 Å². The molecule has 0 fully saturated rings. The Bertz CT molecular complexity index is 960. The van der Waals surface area contributed by atoms with E-state index >= 15 is 0 Å². The van der Waals surface area contributed by atoms with E-state index in [2.05, 4.69) is 11.9 Å². The Morgan fingerprint density at radius 1 is 1.09 bits per heavy atom. The number of hydrogen-bond donors (Lipinski definition) is 2. The molecule has 0 saturated carbocycles. The number of ether oxygens (including phenoxy) is 2. The lowest BCUT2D eigenvalue weighted by atomic mass is 9.98. The van der Waals surface area contributed by atoms with Crippen molar-refractivity contribution in [3.63, 3.8) is 0 Å². The van der Waals surface area contributed by atoms with Crippen LogP contribution in [0, 0.1) is 0 Å². The minimum Gasteiger partial charge on any atom is -0.480 e. The molecule has 168 valence electrons. The van der Waals surface area contributed by atoms with Crippen molar-refractivity contribution in [1.29, 1.82) is 0 Å². The van der Waals surface area contributed by atoms with Crippen molar-refractivity contribution in [3.8, 4) is 11.1 Å². The van der Waals surface area contributed by atoms with Gasteiger partial charge in [0.25, 0.3) is 0 Å². The van der Waals surface area contributed by atoms with E-state index in [4.69, 9.17) is 9.47 Å². The number of rotatable bonds is 10. The fourth-order valence-electron chi connectivity index (χ4n) is 3.76. The van der Waals surface area contributed by atoms with Gasteiger partial charge >= 0.3 is 18.0 Å². The number of esters is 1. The molecule has 2 aromatic rings. The second-order valence-corrected chi connectivity index (χ2v) is 7.53. The molecule has 8 nitrogen and oxygen atoms in total. The maximum absolute atomic E-state index is 12.4. The van der Waals surface area contributed by atoms with Gasteiger partial charge in [0, 0.05) is 12.5 Å². The maximum atomic E-state index is 12.4. The first-order chi connectivity index (χ1) is 15.4. The molecule has 0 heterocycles. The van der Waals surface area contributed by atoms with Crippen LogP contribution in [0.2, 0.25) is 0 Å². The molecule has 1 atom stereocenters. The van der Waals surface area contributed by atoms with Gasteiger partial charge < -0.3 is 19.9 Å². The van der Waals surface area contributed by atoms with Crippen molar-refractivity contribution in [2.45, 2.75) is 12.0 Å². The van der Waals surface area contributed by atoms with Crippen LogP contribution in [0.4, 0.5) is 4.79 Å². The lowest BCUT2D eigenvalue weighted by Crippen LogP contribution is -2.48. The molecule has 2 N–H and O–H groups in total. The molecular weight excluding hydrogens is 412 g/mol. The zero-order valence-electron chi connectivity index (χ0n) is 17.8. The highest BCUT2D eigenvalue weighted by molar-refractivity contribution is 5.81. The van der Waals surface area contributed by atoms with E-state index < -0.39 is 24.1 Å². The molecule has 1 aliphatic carbocycles. The zero-order chi connectivity index (χ0) is 23.1. The Hall–Kier alpha value is -3.65. The number of nitrogens with one attached hydrogen (secondary N) is 1. The van der Waals surface area contributed by atoms with Crippen LogP contribution in [0.15, 0.2) is 61.2 Å². The predicted octanol–water partition coefficient (Wildman–Crippen LogP) is 2.64. The number of carbonyl (C=O) groups excluding carboxylic acids is 2. The monoisotopic (exact) mass is 438 g/mol. The molecule has 3 rings (SSSR count). The summed E-state index contributed by atoms with van der Waals surface area (Å²) in [6, 6.07) is 14.6. The van der Waals surface area contributed by atoms with Crippen LogP contribution in [0.25, 0.3) is 11.1 Å². The number of hydrogen-bond acceptors (Lipinski definition) is 6. The Morgan fingerprint density at radius 2 is 1.69 bits per heavy atom. The van der Waals surface area contributed by atoms with Crippen molar-refractivity contribution >= 4 is 18.0 Å². The van der Waals surface area contributed by atoms with Gasteiger partial charge in [-0.3, -0.25) is 9.69 Å². The molecule has 0 aromatic heterocycles. The van der Waals surface area contributed by atoms with Crippen LogP contribution >= 0.6 is 0 Å². The second-order valence-electron chi connectivity index (χ2n) is 7.53. The van der Waals surface area contributed by atoms with Crippen LogP contribution < -0.4 is 5.32 Å². The van der Waals surface area contributed by atoms with Gasteiger partial charge in [0.15, 0.2) is 0 Å². The number of aliphatic carboxylic acids is 1. The predicted molar refractivity (Wildman–Crippen MR) is 118 cm³/mol. The van der Waals surface area contributed by atoms with E-state index in [-0.39, 0.29) is 32.2 Å². The molecule has 0 bridgehead atoms. The number of alkyl carbamates (subject to hydrolysis) is 1. The number of likely N-dealkylation sites (N-methyl/N-ethyl adjacent to an activating group) is 1. The number of fused-ring (bicyclic) bond motifs is 3. The van der Waals surface area contributed by atoms with Gasteiger partial charge in [-0.05, 0) is 29.3 Å². The number of nitrogens with zero attached hydrogens (tertiary/aromatic N) is 1. The molecule has 1 aliphatic rings. The SMILES string of the molecule is C=CCOC(=O)CN(C)CC(NC(=O)OCC1c2ccccc2-c2ccccc21)C(=O)O. The highest BCUT2D eigenvalue weighted by atomic mass is 16.5. The molecule has 0 aliphatic heterocycles. The molecule has 1 amide bonds. The van der Waals surface area contributed by atoms with E-state index in [1.54, 1.807) is 7.05 Å². The number of benzene rings is 2. The summed E-state index contributed by atoms with van der Waals surface area (Å²) in [5.74, 6) is -1.87. The van der Waals surface area contributed by atoms with Crippen molar-refractivity contribution in [2.75, 3.05) is 33.4 Å². The van der Waals surface area contributed by atoms with Gasteiger partial charge in [-0.1, -0.05) is 61.2 Å². The normalized spacial score (nSPS) is 13.1. The molecule has 8 heteroatoms. The van der Waals surface area contributed by atoms with Crippen molar-refractivity contribution in [2.24, 2.45) is 0 Å². The Kier molecular flexibility index (Phi) is 7.62. The summed E-state index contributed by atoms with van der Waals surface area (Å²) in [7, 11) is 1.56. The summed E-state index contributed by atoms with van der Waals surface area (Å²) in [6.45, 7) is 3.40. The molecular formula is C24H26N2O6. The van der Waals surface area contributed by atoms with Crippen molar-refractivity contribution in [1.82, 2.24) is 10.2 Å². The van der Waals surface area contributed by atoms with Gasteiger partial charge in [0.05, 0.1) is 6.54 Å². The summed E-state index contributed by atoms with van der Waals surface area (Å²) in [5.41, 5.74) is 4.33. The summed E-state index contributed by atoms with van der Waals surface area (Å²) in [4.78, 5) is 37.1. The fraction of sp³-hybridized carbons (Fsp3) is 0.292. The standard InChI is InChI=1S/C24H26N2O6/c1-3-12-31-22(27)14-26(2)13-21(23(28)29)25-24(30)32-15-20-18-10-6-4-8-16(18)17-9-5-7-11-19(17)20/h3-11,20-21H,1,12-15H2,2H3,(H,25,30)(H,28,29). The zero-order valence-corrected chi connectivity index (χ0v) is 17.8. The number of carbonyl (C=O) groups is 3. The summed E-state index contributed by atoms with van der Waals surface area (Å²) >= 11 is 0. The highest BCUT2D eigenvalue weighted by Gasteiger charge is 2.30. The quantitative estimate of drug-likeness (QED) is 0.434. The van der Waals surface area contributed by atoms with Crippen LogP contribution in [-0.4, -0.2) is 67.4 Å². The van der Waals surface area contributed by atoms with Crippen LogP contribution in [0.5, 0.6) is 0 Å². The van der Waals surface area contributed by atoms with Crippen LogP contribution in [-0.2, 0) is 19.1 Å².